The lowest BCUT2D eigenvalue weighted by Crippen LogP contribution is -2.28. The molecule has 0 radical (unpaired) electrons. The monoisotopic (exact) mass is 329 g/mol. The van der Waals surface area contributed by atoms with Gasteiger partial charge in [0.05, 0.1) is 6.54 Å². The Morgan fingerprint density at radius 3 is 2.39 bits per heavy atom. The minimum Gasteiger partial charge on any atom is -0.330 e. The summed E-state index contributed by atoms with van der Waals surface area (Å²) in [6, 6.07) is 4.13. The van der Waals surface area contributed by atoms with Crippen molar-refractivity contribution < 1.29 is 4.79 Å². The Balaban J connectivity index is 2.14. The number of carbonyl (C=O) groups is 1. The molecule has 5 heteroatoms. The van der Waals surface area contributed by atoms with E-state index in [9.17, 15) is 4.79 Å². The summed E-state index contributed by atoms with van der Waals surface area (Å²) >= 11 is 1.70. The largest absolute Gasteiger partial charge is 0.330 e. The first-order valence-corrected chi connectivity index (χ1v) is 8.39. The molecule has 0 atom stereocenters. The summed E-state index contributed by atoms with van der Waals surface area (Å²) in [5, 5.41) is 0. The van der Waals surface area contributed by atoms with Crippen LogP contribution in [0, 0.1) is 6.92 Å². The second kappa shape index (κ2) is 7.04. The van der Waals surface area contributed by atoms with Crippen molar-refractivity contribution in [2.75, 3.05) is 0 Å². The zero-order chi connectivity index (χ0) is 17.0. The van der Waals surface area contributed by atoms with Crippen molar-refractivity contribution in [1.82, 2.24) is 14.9 Å². The zero-order valence-corrected chi connectivity index (χ0v) is 15.0. The topological polar surface area (TPSA) is 46.1 Å². The van der Waals surface area contributed by atoms with Gasteiger partial charge in [0.15, 0.2) is 0 Å². The maximum absolute atomic E-state index is 12.1. The maximum Gasteiger partial charge on any atom is 0.246 e. The molecule has 0 bridgehead atoms. The Hall–Kier alpha value is -2.01. The standard InChI is InChI=1S/C18H23N3OS/c1-6-16(22)21(12-15-8-7-13(2)23-15)11-14-9-19-17(20-10-14)18(3,4)5/h6-10H,1,11-12H2,2-5H3. The van der Waals surface area contributed by atoms with Crippen LogP contribution < -0.4 is 0 Å². The molecule has 0 aliphatic heterocycles. The van der Waals surface area contributed by atoms with E-state index >= 15 is 0 Å². The van der Waals surface area contributed by atoms with Crippen LogP contribution in [0.25, 0.3) is 0 Å². The Morgan fingerprint density at radius 2 is 1.91 bits per heavy atom. The van der Waals surface area contributed by atoms with Crippen LogP contribution in [0.5, 0.6) is 0 Å². The fraction of sp³-hybridized carbons (Fsp3) is 0.389. The summed E-state index contributed by atoms with van der Waals surface area (Å²) in [6.45, 7) is 12.9. The van der Waals surface area contributed by atoms with Gasteiger partial charge in [0.1, 0.15) is 5.82 Å². The molecule has 0 spiro atoms. The normalized spacial score (nSPS) is 11.3. The van der Waals surface area contributed by atoms with Crippen molar-refractivity contribution in [3.05, 3.63) is 58.3 Å². The average Bonchev–Trinajstić information content (AvgIpc) is 2.90. The molecule has 0 aliphatic rings. The van der Waals surface area contributed by atoms with Gasteiger partial charge in [-0.2, -0.15) is 0 Å². The highest BCUT2D eigenvalue weighted by atomic mass is 32.1. The molecule has 0 saturated carbocycles. The molecule has 1 amide bonds. The second-order valence-corrected chi connectivity index (χ2v) is 7.95. The fourth-order valence-corrected chi connectivity index (χ4v) is 3.05. The van der Waals surface area contributed by atoms with Gasteiger partial charge in [-0.15, -0.1) is 11.3 Å². The minimum absolute atomic E-state index is 0.0797. The molecule has 0 aliphatic carbocycles. The third-order valence-corrected chi connectivity index (χ3v) is 4.36. The van der Waals surface area contributed by atoms with Crippen LogP contribution in [0.2, 0.25) is 0 Å². The average molecular weight is 329 g/mol. The van der Waals surface area contributed by atoms with E-state index in [2.05, 4.69) is 56.4 Å². The van der Waals surface area contributed by atoms with Gasteiger partial charge in [0.25, 0.3) is 0 Å². The number of hydrogen-bond donors (Lipinski definition) is 0. The van der Waals surface area contributed by atoms with Crippen LogP contribution in [0.1, 0.15) is 41.9 Å². The minimum atomic E-state index is -0.0871. The van der Waals surface area contributed by atoms with E-state index in [1.54, 1.807) is 28.6 Å². The van der Waals surface area contributed by atoms with Crippen LogP contribution in [-0.2, 0) is 23.3 Å². The molecule has 0 saturated heterocycles. The first-order valence-electron chi connectivity index (χ1n) is 7.57. The third kappa shape index (κ3) is 4.73. The van der Waals surface area contributed by atoms with E-state index in [0.717, 1.165) is 16.3 Å². The third-order valence-electron chi connectivity index (χ3n) is 3.38. The highest BCUT2D eigenvalue weighted by molar-refractivity contribution is 7.11. The van der Waals surface area contributed by atoms with Gasteiger partial charge in [0.2, 0.25) is 5.91 Å². The van der Waals surface area contributed by atoms with Gasteiger partial charge in [-0.1, -0.05) is 27.4 Å². The van der Waals surface area contributed by atoms with Crippen molar-refractivity contribution in [2.45, 2.75) is 46.2 Å². The second-order valence-electron chi connectivity index (χ2n) is 6.58. The lowest BCUT2D eigenvalue weighted by molar-refractivity contribution is -0.127. The first-order chi connectivity index (χ1) is 10.8. The van der Waals surface area contributed by atoms with Crippen LogP contribution in [-0.4, -0.2) is 20.8 Å². The summed E-state index contributed by atoms with van der Waals surface area (Å²) in [5.74, 6) is 0.715. The van der Waals surface area contributed by atoms with Crippen LogP contribution >= 0.6 is 11.3 Å². The molecule has 0 unspecified atom stereocenters. The zero-order valence-electron chi connectivity index (χ0n) is 14.2. The number of thiophene rings is 1. The van der Waals surface area contributed by atoms with E-state index in [1.807, 2.05) is 0 Å². The molecule has 0 N–H and O–H groups in total. The molecule has 0 fully saturated rings. The van der Waals surface area contributed by atoms with Gasteiger partial charge in [-0.05, 0) is 25.1 Å². The van der Waals surface area contributed by atoms with Crippen molar-refractivity contribution >= 4 is 17.2 Å². The van der Waals surface area contributed by atoms with E-state index in [-0.39, 0.29) is 11.3 Å². The molecule has 2 rings (SSSR count). The summed E-state index contributed by atoms with van der Waals surface area (Å²) in [7, 11) is 0. The number of amides is 1. The van der Waals surface area contributed by atoms with Crippen LogP contribution in [0.3, 0.4) is 0 Å². The number of aromatic nitrogens is 2. The van der Waals surface area contributed by atoms with Crippen molar-refractivity contribution in [1.29, 1.82) is 0 Å². The molecule has 0 aromatic carbocycles. The van der Waals surface area contributed by atoms with Gasteiger partial charge >= 0.3 is 0 Å². The first kappa shape index (κ1) is 17.3. The quantitative estimate of drug-likeness (QED) is 0.783. The fourth-order valence-electron chi connectivity index (χ4n) is 2.14. The molecular formula is C18H23N3OS. The Kier molecular flexibility index (Phi) is 5.31. The van der Waals surface area contributed by atoms with Gasteiger partial charge in [-0.3, -0.25) is 4.79 Å². The Labute approximate surface area is 141 Å². The molecule has 2 heterocycles. The number of aryl methyl sites for hydroxylation is 1. The lowest BCUT2D eigenvalue weighted by Gasteiger charge is -2.21. The molecule has 4 nitrogen and oxygen atoms in total. The lowest BCUT2D eigenvalue weighted by atomic mass is 9.96. The summed E-state index contributed by atoms with van der Waals surface area (Å²) in [5.41, 5.74) is 0.838. The van der Waals surface area contributed by atoms with E-state index in [4.69, 9.17) is 0 Å². The molecule has 2 aromatic heterocycles. The van der Waals surface area contributed by atoms with Gasteiger partial charge in [0, 0.05) is 39.7 Å². The molecular weight excluding hydrogens is 306 g/mol. The summed E-state index contributed by atoms with van der Waals surface area (Å²) in [6.07, 6.45) is 4.96. The summed E-state index contributed by atoms with van der Waals surface area (Å²) < 4.78 is 0. The van der Waals surface area contributed by atoms with Crippen LogP contribution in [0.15, 0.2) is 37.2 Å². The number of carbonyl (C=O) groups excluding carboxylic acids is 1. The Morgan fingerprint density at radius 1 is 1.26 bits per heavy atom. The van der Waals surface area contributed by atoms with E-state index in [0.29, 0.717) is 13.1 Å². The predicted molar refractivity (Wildman–Crippen MR) is 94.2 cm³/mol. The maximum atomic E-state index is 12.1. The van der Waals surface area contributed by atoms with E-state index < -0.39 is 0 Å². The molecule has 23 heavy (non-hydrogen) atoms. The highest BCUT2D eigenvalue weighted by Gasteiger charge is 2.18. The number of nitrogens with zero attached hydrogens (tertiary/aromatic N) is 3. The van der Waals surface area contributed by atoms with Crippen molar-refractivity contribution in [2.24, 2.45) is 0 Å². The molecule has 122 valence electrons. The predicted octanol–water partition coefficient (Wildman–Crippen LogP) is 3.86. The Bertz CT molecular complexity index is 683. The molecule has 2 aromatic rings. The van der Waals surface area contributed by atoms with E-state index in [1.165, 1.54) is 11.0 Å². The van der Waals surface area contributed by atoms with Gasteiger partial charge in [-0.25, -0.2) is 9.97 Å². The smallest absolute Gasteiger partial charge is 0.246 e. The highest BCUT2D eigenvalue weighted by Crippen LogP contribution is 2.20. The van der Waals surface area contributed by atoms with Crippen LogP contribution in [0.4, 0.5) is 0 Å². The number of rotatable bonds is 5. The van der Waals surface area contributed by atoms with Gasteiger partial charge < -0.3 is 4.90 Å². The SMILES string of the molecule is C=CC(=O)N(Cc1cnc(C(C)(C)C)nc1)Cc1ccc(C)s1. The summed E-state index contributed by atoms with van der Waals surface area (Å²) in [4.78, 5) is 25.1. The van der Waals surface area contributed by atoms with Crippen molar-refractivity contribution in [3.63, 3.8) is 0 Å². The van der Waals surface area contributed by atoms with Crippen molar-refractivity contribution in [3.8, 4) is 0 Å². The number of hydrogen-bond acceptors (Lipinski definition) is 4.